The molecule has 0 spiro atoms. The third kappa shape index (κ3) is 4.44. The summed E-state index contributed by atoms with van der Waals surface area (Å²) in [6.45, 7) is 10.9. The fraction of sp³-hybridized carbons (Fsp3) is 0.909. The standard InChI is InChI=1S/C11H23/c1-5-8-9-10(4)11(6-2)7-3/h10-11H,1,5-9H2,2-4H3. The van der Waals surface area contributed by atoms with Gasteiger partial charge in [0.15, 0.2) is 0 Å². The van der Waals surface area contributed by atoms with Gasteiger partial charge in [0.2, 0.25) is 0 Å². The average Bonchev–Trinajstić information content (AvgIpc) is 2.03. The molecule has 0 fully saturated rings. The van der Waals surface area contributed by atoms with Crippen LogP contribution in [0, 0.1) is 18.8 Å². The second kappa shape index (κ2) is 6.69. The van der Waals surface area contributed by atoms with Gasteiger partial charge in [-0.2, -0.15) is 0 Å². The monoisotopic (exact) mass is 155 g/mol. The van der Waals surface area contributed by atoms with E-state index in [0.717, 1.165) is 18.3 Å². The Kier molecular flexibility index (Phi) is 6.69. The molecular weight excluding hydrogens is 132 g/mol. The quantitative estimate of drug-likeness (QED) is 0.542. The van der Waals surface area contributed by atoms with Gasteiger partial charge >= 0.3 is 0 Å². The summed E-state index contributed by atoms with van der Waals surface area (Å²) in [5.74, 6) is 1.85. The van der Waals surface area contributed by atoms with Crippen LogP contribution in [0.4, 0.5) is 0 Å². The first-order valence-corrected chi connectivity index (χ1v) is 5.05. The van der Waals surface area contributed by atoms with Crippen LogP contribution in [0.2, 0.25) is 0 Å². The van der Waals surface area contributed by atoms with Crippen molar-refractivity contribution in [2.45, 2.75) is 52.9 Å². The molecule has 0 aromatic heterocycles. The smallest absolute Gasteiger partial charge is 0.0394 e. The van der Waals surface area contributed by atoms with Crippen molar-refractivity contribution in [3.63, 3.8) is 0 Å². The van der Waals surface area contributed by atoms with Gasteiger partial charge in [0.25, 0.3) is 0 Å². The molecule has 0 heteroatoms. The van der Waals surface area contributed by atoms with Crippen molar-refractivity contribution in [2.75, 3.05) is 0 Å². The molecule has 11 heavy (non-hydrogen) atoms. The second-order valence-electron chi connectivity index (χ2n) is 3.55. The van der Waals surface area contributed by atoms with E-state index in [9.17, 15) is 0 Å². The van der Waals surface area contributed by atoms with Crippen molar-refractivity contribution in [3.8, 4) is 0 Å². The van der Waals surface area contributed by atoms with Gasteiger partial charge in [-0.15, -0.1) is 0 Å². The van der Waals surface area contributed by atoms with Gasteiger partial charge in [-0.05, 0) is 11.8 Å². The zero-order chi connectivity index (χ0) is 8.69. The van der Waals surface area contributed by atoms with E-state index in [1.165, 1.54) is 25.7 Å². The summed E-state index contributed by atoms with van der Waals surface area (Å²) in [5, 5.41) is 0. The van der Waals surface area contributed by atoms with E-state index in [0.29, 0.717) is 0 Å². The highest BCUT2D eigenvalue weighted by molar-refractivity contribution is 4.63. The Hall–Kier alpha value is 0. The number of unbranched alkanes of at least 4 members (excludes halogenated alkanes) is 1. The predicted molar refractivity (Wildman–Crippen MR) is 52.4 cm³/mol. The van der Waals surface area contributed by atoms with E-state index < -0.39 is 0 Å². The third-order valence-electron chi connectivity index (χ3n) is 2.76. The molecular formula is C11H23. The van der Waals surface area contributed by atoms with Gasteiger partial charge in [-0.25, -0.2) is 0 Å². The van der Waals surface area contributed by atoms with E-state index in [4.69, 9.17) is 0 Å². The first kappa shape index (κ1) is 11.0. The largest absolute Gasteiger partial charge is 0.0651 e. The van der Waals surface area contributed by atoms with Crippen LogP contribution in [0.5, 0.6) is 0 Å². The second-order valence-corrected chi connectivity index (χ2v) is 3.55. The lowest BCUT2D eigenvalue weighted by Crippen LogP contribution is -2.09. The lowest BCUT2D eigenvalue weighted by molar-refractivity contribution is 0.313. The SMILES string of the molecule is [CH2]CCCC(C)C(CC)CC. The van der Waals surface area contributed by atoms with E-state index in [1.54, 1.807) is 0 Å². The zero-order valence-electron chi connectivity index (χ0n) is 8.40. The highest BCUT2D eigenvalue weighted by atomic mass is 14.2. The zero-order valence-corrected chi connectivity index (χ0v) is 8.40. The molecule has 67 valence electrons. The highest BCUT2D eigenvalue weighted by Gasteiger charge is 2.11. The molecule has 1 unspecified atom stereocenters. The normalized spacial score (nSPS) is 13.9. The van der Waals surface area contributed by atoms with Crippen LogP contribution in [0.3, 0.4) is 0 Å². The predicted octanol–water partition coefficient (Wildman–Crippen LogP) is 4.06. The summed E-state index contributed by atoms with van der Waals surface area (Å²) in [6.07, 6.45) is 6.46. The summed E-state index contributed by atoms with van der Waals surface area (Å²) in [5.41, 5.74) is 0. The van der Waals surface area contributed by atoms with Crippen LogP contribution >= 0.6 is 0 Å². The topological polar surface area (TPSA) is 0 Å². The van der Waals surface area contributed by atoms with E-state index >= 15 is 0 Å². The fourth-order valence-corrected chi connectivity index (χ4v) is 1.80. The van der Waals surface area contributed by atoms with Gasteiger partial charge in [-0.1, -0.05) is 59.8 Å². The van der Waals surface area contributed by atoms with Gasteiger partial charge in [0.05, 0.1) is 0 Å². The number of hydrogen-bond acceptors (Lipinski definition) is 0. The van der Waals surface area contributed by atoms with Crippen LogP contribution in [-0.2, 0) is 0 Å². The van der Waals surface area contributed by atoms with Crippen LogP contribution < -0.4 is 0 Å². The average molecular weight is 155 g/mol. The maximum absolute atomic E-state index is 3.87. The van der Waals surface area contributed by atoms with Gasteiger partial charge in [0.1, 0.15) is 0 Å². The van der Waals surface area contributed by atoms with E-state index in [-0.39, 0.29) is 0 Å². The molecule has 0 bridgehead atoms. The minimum absolute atomic E-state index is 0.909. The van der Waals surface area contributed by atoms with Gasteiger partial charge in [0, 0.05) is 0 Å². The molecule has 0 amide bonds. The summed E-state index contributed by atoms with van der Waals surface area (Å²) in [6, 6.07) is 0. The van der Waals surface area contributed by atoms with E-state index in [2.05, 4.69) is 27.7 Å². The Labute approximate surface area is 72.4 Å². The van der Waals surface area contributed by atoms with Gasteiger partial charge < -0.3 is 0 Å². The van der Waals surface area contributed by atoms with Crippen LogP contribution in [0.25, 0.3) is 0 Å². The maximum atomic E-state index is 3.87. The van der Waals surface area contributed by atoms with Crippen LogP contribution in [0.15, 0.2) is 0 Å². The molecule has 0 aliphatic carbocycles. The Balaban J connectivity index is 3.51. The molecule has 0 aliphatic heterocycles. The molecule has 0 N–H and O–H groups in total. The van der Waals surface area contributed by atoms with Crippen LogP contribution in [0.1, 0.15) is 52.9 Å². The Morgan fingerprint density at radius 2 is 1.73 bits per heavy atom. The summed E-state index contributed by atoms with van der Waals surface area (Å²) in [4.78, 5) is 0. The molecule has 0 nitrogen and oxygen atoms in total. The van der Waals surface area contributed by atoms with Crippen LogP contribution in [-0.4, -0.2) is 0 Å². The minimum atomic E-state index is 0.909. The number of rotatable bonds is 6. The molecule has 1 radical (unpaired) electrons. The molecule has 1 atom stereocenters. The van der Waals surface area contributed by atoms with Crippen molar-refractivity contribution in [1.29, 1.82) is 0 Å². The van der Waals surface area contributed by atoms with Crippen molar-refractivity contribution in [1.82, 2.24) is 0 Å². The highest BCUT2D eigenvalue weighted by Crippen LogP contribution is 2.23. The Morgan fingerprint density at radius 3 is 2.09 bits per heavy atom. The Morgan fingerprint density at radius 1 is 1.18 bits per heavy atom. The Bertz CT molecular complexity index is 72.1. The van der Waals surface area contributed by atoms with E-state index in [1.807, 2.05) is 0 Å². The molecule has 0 aliphatic rings. The minimum Gasteiger partial charge on any atom is -0.0651 e. The maximum Gasteiger partial charge on any atom is -0.0394 e. The van der Waals surface area contributed by atoms with Crippen molar-refractivity contribution in [3.05, 3.63) is 6.92 Å². The first-order chi connectivity index (χ1) is 5.26. The molecule has 0 saturated carbocycles. The van der Waals surface area contributed by atoms with Crippen molar-refractivity contribution >= 4 is 0 Å². The summed E-state index contributed by atoms with van der Waals surface area (Å²) in [7, 11) is 0. The third-order valence-corrected chi connectivity index (χ3v) is 2.76. The molecule has 0 rings (SSSR count). The van der Waals surface area contributed by atoms with Gasteiger partial charge in [-0.3, -0.25) is 0 Å². The van der Waals surface area contributed by atoms with Crippen molar-refractivity contribution < 1.29 is 0 Å². The summed E-state index contributed by atoms with van der Waals surface area (Å²) < 4.78 is 0. The first-order valence-electron chi connectivity index (χ1n) is 5.05. The summed E-state index contributed by atoms with van der Waals surface area (Å²) >= 11 is 0. The lowest BCUT2D eigenvalue weighted by Gasteiger charge is -2.20. The molecule has 0 heterocycles. The number of hydrogen-bond donors (Lipinski definition) is 0. The molecule has 0 saturated heterocycles. The molecule has 0 aromatic carbocycles. The molecule has 0 aromatic rings. The fourth-order valence-electron chi connectivity index (χ4n) is 1.80. The lowest BCUT2D eigenvalue weighted by atomic mass is 9.86. The van der Waals surface area contributed by atoms with Crippen molar-refractivity contribution in [2.24, 2.45) is 11.8 Å².